The summed E-state index contributed by atoms with van der Waals surface area (Å²) in [6.07, 6.45) is 4.29. The third-order valence-electron chi connectivity index (χ3n) is 3.27. The molecule has 5 nitrogen and oxygen atoms in total. The average molecular weight is 258 g/mol. The standard InChI is InChI=1S/C14H18N4O/c1-2-12-17-8-9-18(12)10-14(16,13(15)19)11-6-4-3-5-7-11/h3-9H,2,10,16H2,1H3,(H2,15,19). The zero-order valence-corrected chi connectivity index (χ0v) is 10.9. The summed E-state index contributed by atoms with van der Waals surface area (Å²) >= 11 is 0. The Hall–Kier alpha value is -2.14. The fraction of sp³-hybridized carbons (Fsp3) is 0.286. The lowest BCUT2D eigenvalue weighted by molar-refractivity contribution is -0.124. The number of primary amides is 1. The average Bonchev–Trinajstić information content (AvgIpc) is 2.86. The second-order valence-corrected chi connectivity index (χ2v) is 4.53. The Morgan fingerprint density at radius 1 is 1.37 bits per heavy atom. The van der Waals surface area contributed by atoms with Crippen LogP contribution in [0.1, 0.15) is 18.3 Å². The fourth-order valence-corrected chi connectivity index (χ4v) is 2.11. The number of hydrogen-bond acceptors (Lipinski definition) is 3. The van der Waals surface area contributed by atoms with Crippen LogP contribution in [0.2, 0.25) is 0 Å². The van der Waals surface area contributed by atoms with E-state index < -0.39 is 11.4 Å². The molecule has 0 radical (unpaired) electrons. The molecular weight excluding hydrogens is 240 g/mol. The highest BCUT2D eigenvalue weighted by atomic mass is 16.1. The molecule has 1 atom stereocenters. The number of nitrogens with two attached hydrogens (primary N) is 2. The van der Waals surface area contributed by atoms with Crippen molar-refractivity contribution in [2.24, 2.45) is 11.5 Å². The van der Waals surface area contributed by atoms with Crippen molar-refractivity contribution >= 4 is 5.91 Å². The zero-order valence-electron chi connectivity index (χ0n) is 10.9. The number of aromatic nitrogens is 2. The molecule has 19 heavy (non-hydrogen) atoms. The number of benzene rings is 1. The Labute approximate surface area is 112 Å². The summed E-state index contributed by atoms with van der Waals surface area (Å²) in [5, 5.41) is 0. The van der Waals surface area contributed by atoms with E-state index in [2.05, 4.69) is 4.98 Å². The van der Waals surface area contributed by atoms with Crippen molar-refractivity contribution in [3.05, 3.63) is 54.1 Å². The van der Waals surface area contributed by atoms with Gasteiger partial charge in [-0.15, -0.1) is 0 Å². The molecule has 1 unspecified atom stereocenters. The molecule has 0 aliphatic rings. The van der Waals surface area contributed by atoms with Gasteiger partial charge in [-0.1, -0.05) is 37.3 Å². The van der Waals surface area contributed by atoms with Crippen LogP contribution in [0, 0.1) is 0 Å². The summed E-state index contributed by atoms with van der Waals surface area (Å²) < 4.78 is 1.87. The third kappa shape index (κ3) is 2.51. The maximum absolute atomic E-state index is 11.8. The highest BCUT2D eigenvalue weighted by molar-refractivity contribution is 5.85. The lowest BCUT2D eigenvalue weighted by Crippen LogP contribution is -2.52. The minimum Gasteiger partial charge on any atom is -0.368 e. The van der Waals surface area contributed by atoms with Crippen LogP contribution >= 0.6 is 0 Å². The summed E-state index contributed by atoms with van der Waals surface area (Å²) in [6.45, 7) is 2.29. The van der Waals surface area contributed by atoms with E-state index in [9.17, 15) is 4.79 Å². The monoisotopic (exact) mass is 258 g/mol. The first-order valence-corrected chi connectivity index (χ1v) is 6.22. The number of carbonyl (C=O) groups excluding carboxylic acids is 1. The number of aryl methyl sites for hydroxylation is 1. The summed E-state index contributed by atoms with van der Waals surface area (Å²) in [6, 6.07) is 9.18. The van der Waals surface area contributed by atoms with E-state index in [-0.39, 0.29) is 6.54 Å². The first-order chi connectivity index (χ1) is 9.08. The summed E-state index contributed by atoms with van der Waals surface area (Å²) in [5.41, 5.74) is 11.2. The van der Waals surface area contributed by atoms with Gasteiger partial charge in [0.05, 0.1) is 6.54 Å². The largest absolute Gasteiger partial charge is 0.368 e. The van der Waals surface area contributed by atoms with Crippen molar-refractivity contribution in [1.29, 1.82) is 0 Å². The Kier molecular flexibility index (Phi) is 3.66. The first kappa shape index (κ1) is 13.3. The van der Waals surface area contributed by atoms with Crippen molar-refractivity contribution in [3.8, 4) is 0 Å². The van der Waals surface area contributed by atoms with Crippen LogP contribution in [-0.2, 0) is 23.3 Å². The van der Waals surface area contributed by atoms with Crippen LogP contribution in [0.4, 0.5) is 0 Å². The molecule has 0 aliphatic heterocycles. The number of imidazole rings is 1. The Morgan fingerprint density at radius 3 is 2.63 bits per heavy atom. The van der Waals surface area contributed by atoms with Crippen LogP contribution < -0.4 is 11.5 Å². The van der Waals surface area contributed by atoms with Crippen LogP contribution in [-0.4, -0.2) is 15.5 Å². The van der Waals surface area contributed by atoms with E-state index in [1.807, 2.05) is 48.0 Å². The lowest BCUT2D eigenvalue weighted by Gasteiger charge is -2.27. The van der Waals surface area contributed by atoms with Gasteiger partial charge in [-0.3, -0.25) is 4.79 Å². The minimum atomic E-state index is -1.23. The topological polar surface area (TPSA) is 86.9 Å². The normalized spacial score (nSPS) is 14.0. The molecule has 0 saturated heterocycles. The molecule has 100 valence electrons. The Bertz CT molecular complexity index is 564. The molecule has 5 heteroatoms. The van der Waals surface area contributed by atoms with Gasteiger partial charge in [-0.2, -0.15) is 0 Å². The summed E-state index contributed by atoms with van der Waals surface area (Å²) in [5.74, 6) is 0.335. The van der Waals surface area contributed by atoms with E-state index in [1.165, 1.54) is 0 Å². The quantitative estimate of drug-likeness (QED) is 0.831. The van der Waals surface area contributed by atoms with Gasteiger partial charge in [-0.25, -0.2) is 4.98 Å². The molecule has 0 fully saturated rings. The molecule has 1 amide bonds. The van der Waals surface area contributed by atoms with Gasteiger partial charge in [0.1, 0.15) is 11.4 Å². The molecule has 1 aromatic carbocycles. The van der Waals surface area contributed by atoms with Gasteiger partial charge in [0.2, 0.25) is 5.91 Å². The number of nitrogens with zero attached hydrogens (tertiary/aromatic N) is 2. The molecule has 0 aliphatic carbocycles. The van der Waals surface area contributed by atoms with Crippen LogP contribution in [0.3, 0.4) is 0 Å². The van der Waals surface area contributed by atoms with Crippen molar-refractivity contribution in [2.75, 3.05) is 0 Å². The van der Waals surface area contributed by atoms with E-state index >= 15 is 0 Å². The second-order valence-electron chi connectivity index (χ2n) is 4.53. The summed E-state index contributed by atoms with van der Waals surface area (Å²) in [7, 11) is 0. The van der Waals surface area contributed by atoms with Gasteiger partial charge in [0, 0.05) is 18.8 Å². The molecule has 4 N–H and O–H groups in total. The highest BCUT2D eigenvalue weighted by Crippen LogP contribution is 2.21. The van der Waals surface area contributed by atoms with Gasteiger partial charge >= 0.3 is 0 Å². The number of rotatable bonds is 5. The SMILES string of the molecule is CCc1nccn1CC(N)(C(N)=O)c1ccccc1. The fourth-order valence-electron chi connectivity index (χ4n) is 2.11. The van der Waals surface area contributed by atoms with Gasteiger partial charge < -0.3 is 16.0 Å². The number of carbonyl (C=O) groups is 1. The van der Waals surface area contributed by atoms with E-state index in [0.29, 0.717) is 5.56 Å². The van der Waals surface area contributed by atoms with E-state index in [1.54, 1.807) is 6.20 Å². The Balaban J connectivity index is 2.39. The third-order valence-corrected chi connectivity index (χ3v) is 3.27. The van der Waals surface area contributed by atoms with Gasteiger partial charge in [-0.05, 0) is 5.56 Å². The Morgan fingerprint density at radius 2 is 2.05 bits per heavy atom. The van der Waals surface area contributed by atoms with Gasteiger partial charge in [0.15, 0.2) is 0 Å². The molecule has 0 spiro atoms. The summed E-state index contributed by atoms with van der Waals surface area (Å²) in [4.78, 5) is 16.0. The predicted octanol–water partition coefficient (Wildman–Crippen LogP) is 0.785. The molecular formula is C14H18N4O. The van der Waals surface area contributed by atoms with Crippen molar-refractivity contribution in [2.45, 2.75) is 25.4 Å². The molecule has 1 aromatic heterocycles. The smallest absolute Gasteiger partial charge is 0.243 e. The maximum Gasteiger partial charge on any atom is 0.243 e. The highest BCUT2D eigenvalue weighted by Gasteiger charge is 2.34. The van der Waals surface area contributed by atoms with Crippen molar-refractivity contribution < 1.29 is 4.79 Å². The van der Waals surface area contributed by atoms with Crippen molar-refractivity contribution in [1.82, 2.24) is 9.55 Å². The molecule has 2 rings (SSSR count). The van der Waals surface area contributed by atoms with Gasteiger partial charge in [0.25, 0.3) is 0 Å². The zero-order chi connectivity index (χ0) is 13.9. The van der Waals surface area contributed by atoms with Crippen LogP contribution in [0.5, 0.6) is 0 Å². The molecule has 2 aromatic rings. The lowest BCUT2D eigenvalue weighted by atomic mass is 9.90. The van der Waals surface area contributed by atoms with Crippen LogP contribution in [0.15, 0.2) is 42.7 Å². The van der Waals surface area contributed by atoms with Crippen molar-refractivity contribution in [3.63, 3.8) is 0 Å². The molecule has 0 saturated carbocycles. The first-order valence-electron chi connectivity index (χ1n) is 6.22. The van der Waals surface area contributed by atoms with E-state index in [0.717, 1.165) is 12.2 Å². The van der Waals surface area contributed by atoms with Crippen LogP contribution in [0.25, 0.3) is 0 Å². The molecule has 1 heterocycles. The maximum atomic E-state index is 11.8. The number of hydrogen-bond donors (Lipinski definition) is 2. The van der Waals surface area contributed by atoms with E-state index in [4.69, 9.17) is 11.5 Å². The number of amides is 1. The minimum absolute atomic E-state index is 0.287. The predicted molar refractivity (Wildman–Crippen MR) is 73.1 cm³/mol. The second kappa shape index (κ2) is 5.24. The molecule has 0 bridgehead atoms.